The van der Waals surface area contributed by atoms with Crippen LogP contribution in [0.2, 0.25) is 0 Å². The molecule has 1 aromatic heterocycles. The van der Waals surface area contributed by atoms with E-state index in [0.717, 1.165) is 10.0 Å². The van der Waals surface area contributed by atoms with Crippen molar-refractivity contribution in [3.8, 4) is 0 Å². The third kappa shape index (κ3) is 2.96. The van der Waals surface area contributed by atoms with Crippen LogP contribution in [0.5, 0.6) is 0 Å². The third-order valence-electron chi connectivity index (χ3n) is 1.94. The van der Waals surface area contributed by atoms with E-state index >= 15 is 0 Å². The topological polar surface area (TPSA) is 42.9 Å². The van der Waals surface area contributed by atoms with Crippen LogP contribution in [-0.2, 0) is 16.6 Å². The molecular formula is C11H9BrN2OS. The van der Waals surface area contributed by atoms with Crippen molar-refractivity contribution in [2.75, 3.05) is 0 Å². The Morgan fingerprint density at radius 1 is 1.12 bits per heavy atom. The van der Waals surface area contributed by atoms with Gasteiger partial charge in [0.1, 0.15) is 0 Å². The molecule has 0 aliphatic rings. The summed E-state index contributed by atoms with van der Waals surface area (Å²) in [5.74, 6) is 0.447. The number of aromatic nitrogens is 2. The van der Waals surface area contributed by atoms with E-state index in [9.17, 15) is 4.21 Å². The van der Waals surface area contributed by atoms with E-state index in [2.05, 4.69) is 25.9 Å². The summed E-state index contributed by atoms with van der Waals surface area (Å²) < 4.78 is 12.7. The molecule has 1 aromatic carbocycles. The molecule has 16 heavy (non-hydrogen) atoms. The molecule has 0 N–H and O–H groups in total. The molecule has 0 saturated carbocycles. The van der Waals surface area contributed by atoms with Crippen LogP contribution in [0, 0.1) is 0 Å². The fourth-order valence-electron chi connectivity index (χ4n) is 1.21. The van der Waals surface area contributed by atoms with Gasteiger partial charge in [-0.05, 0) is 21.5 Å². The van der Waals surface area contributed by atoms with Crippen molar-refractivity contribution >= 4 is 26.7 Å². The van der Waals surface area contributed by atoms with Crippen LogP contribution in [0.3, 0.4) is 0 Å². The molecule has 0 spiro atoms. The van der Waals surface area contributed by atoms with Gasteiger partial charge >= 0.3 is 0 Å². The number of halogens is 1. The molecule has 1 atom stereocenters. The summed E-state index contributed by atoms with van der Waals surface area (Å²) in [6, 6.07) is 9.67. The lowest BCUT2D eigenvalue weighted by Crippen LogP contribution is -2.01. The molecule has 2 rings (SSSR count). The van der Waals surface area contributed by atoms with Gasteiger partial charge in [-0.25, -0.2) is 9.97 Å². The van der Waals surface area contributed by atoms with E-state index < -0.39 is 10.8 Å². The third-order valence-corrected chi connectivity index (χ3v) is 3.56. The van der Waals surface area contributed by atoms with Crippen LogP contribution in [0.25, 0.3) is 0 Å². The maximum Gasteiger partial charge on any atom is 0.218 e. The van der Waals surface area contributed by atoms with Gasteiger partial charge in [0.05, 0.1) is 21.0 Å². The molecule has 2 aromatic rings. The van der Waals surface area contributed by atoms with Gasteiger partial charge in [-0.1, -0.05) is 30.3 Å². The number of rotatable bonds is 3. The lowest BCUT2D eigenvalue weighted by atomic mass is 10.2. The van der Waals surface area contributed by atoms with E-state index in [4.69, 9.17) is 0 Å². The quantitative estimate of drug-likeness (QED) is 0.818. The lowest BCUT2D eigenvalue weighted by molar-refractivity contribution is 0.675. The Bertz CT molecular complexity index is 487. The summed E-state index contributed by atoms with van der Waals surface area (Å²) in [6.07, 6.45) is 3.20. The van der Waals surface area contributed by atoms with Gasteiger partial charge in [0.25, 0.3) is 0 Å². The summed E-state index contributed by atoms with van der Waals surface area (Å²) >= 11 is 3.24. The minimum absolute atomic E-state index is 0.368. The molecule has 3 nitrogen and oxygen atoms in total. The minimum atomic E-state index is -1.19. The standard InChI is InChI=1S/C11H9BrN2OS/c12-10-6-13-11(14-7-10)16(15)8-9-4-2-1-3-5-9/h1-7H,8H2. The normalized spacial score (nSPS) is 12.3. The second kappa shape index (κ2) is 5.32. The second-order valence-corrected chi connectivity index (χ2v) is 5.42. The predicted molar refractivity (Wildman–Crippen MR) is 66.3 cm³/mol. The van der Waals surface area contributed by atoms with E-state index in [1.807, 2.05) is 30.3 Å². The van der Waals surface area contributed by atoms with Crippen LogP contribution in [0.1, 0.15) is 5.56 Å². The van der Waals surface area contributed by atoms with Crippen molar-refractivity contribution in [2.24, 2.45) is 0 Å². The molecule has 1 unspecified atom stereocenters. The van der Waals surface area contributed by atoms with E-state index in [0.29, 0.717) is 10.9 Å². The van der Waals surface area contributed by atoms with Crippen LogP contribution in [-0.4, -0.2) is 14.2 Å². The number of benzene rings is 1. The van der Waals surface area contributed by atoms with Gasteiger partial charge in [-0.3, -0.25) is 4.21 Å². The largest absolute Gasteiger partial charge is 0.251 e. The SMILES string of the molecule is O=S(Cc1ccccc1)c1ncc(Br)cn1. The number of nitrogens with zero attached hydrogens (tertiary/aromatic N) is 2. The first-order valence-corrected chi connectivity index (χ1v) is 6.77. The Kier molecular flexibility index (Phi) is 3.79. The lowest BCUT2D eigenvalue weighted by Gasteiger charge is -2.00. The van der Waals surface area contributed by atoms with Gasteiger partial charge in [0, 0.05) is 12.4 Å². The zero-order valence-electron chi connectivity index (χ0n) is 8.34. The zero-order chi connectivity index (χ0) is 11.4. The van der Waals surface area contributed by atoms with Crippen molar-refractivity contribution in [1.82, 2.24) is 9.97 Å². The molecule has 5 heteroatoms. The summed E-state index contributed by atoms with van der Waals surface area (Å²) in [6.45, 7) is 0. The Morgan fingerprint density at radius 2 is 1.75 bits per heavy atom. The van der Waals surface area contributed by atoms with Crippen molar-refractivity contribution in [1.29, 1.82) is 0 Å². The van der Waals surface area contributed by atoms with Gasteiger partial charge in [0.15, 0.2) is 0 Å². The number of hydrogen-bond donors (Lipinski definition) is 0. The van der Waals surface area contributed by atoms with Gasteiger partial charge in [0.2, 0.25) is 5.16 Å². The fraction of sp³-hybridized carbons (Fsp3) is 0.0909. The summed E-state index contributed by atoms with van der Waals surface area (Å²) in [7, 11) is -1.19. The average molecular weight is 297 g/mol. The van der Waals surface area contributed by atoms with Crippen LogP contribution in [0.15, 0.2) is 52.4 Å². The highest BCUT2D eigenvalue weighted by atomic mass is 79.9. The van der Waals surface area contributed by atoms with Crippen molar-refractivity contribution in [3.63, 3.8) is 0 Å². The number of hydrogen-bond acceptors (Lipinski definition) is 3. The highest BCUT2D eigenvalue weighted by Crippen LogP contribution is 2.10. The molecule has 0 fully saturated rings. The Morgan fingerprint density at radius 3 is 2.38 bits per heavy atom. The van der Waals surface area contributed by atoms with E-state index in [1.54, 1.807) is 12.4 Å². The predicted octanol–water partition coefficient (Wildman–Crippen LogP) is 2.55. The van der Waals surface area contributed by atoms with Gasteiger partial charge in [-0.15, -0.1) is 0 Å². The smallest absolute Gasteiger partial charge is 0.218 e. The second-order valence-electron chi connectivity index (χ2n) is 3.16. The van der Waals surface area contributed by atoms with Crippen LogP contribution >= 0.6 is 15.9 Å². The molecule has 0 aliphatic carbocycles. The van der Waals surface area contributed by atoms with Crippen molar-refractivity contribution in [3.05, 3.63) is 52.8 Å². The first-order valence-electron chi connectivity index (χ1n) is 4.65. The first-order chi connectivity index (χ1) is 7.75. The molecule has 0 bridgehead atoms. The molecule has 82 valence electrons. The van der Waals surface area contributed by atoms with Crippen LogP contribution < -0.4 is 0 Å². The van der Waals surface area contributed by atoms with E-state index in [1.165, 1.54) is 0 Å². The Balaban J connectivity index is 2.12. The molecule has 0 radical (unpaired) electrons. The Hall–Kier alpha value is -1.07. The monoisotopic (exact) mass is 296 g/mol. The molecule has 0 saturated heterocycles. The first kappa shape index (κ1) is 11.4. The maximum atomic E-state index is 11.9. The molecular weight excluding hydrogens is 288 g/mol. The highest BCUT2D eigenvalue weighted by Gasteiger charge is 2.07. The van der Waals surface area contributed by atoms with E-state index in [-0.39, 0.29) is 0 Å². The maximum absolute atomic E-state index is 11.9. The average Bonchev–Trinajstić information content (AvgIpc) is 2.31. The molecule has 0 aliphatic heterocycles. The molecule has 0 amide bonds. The highest BCUT2D eigenvalue weighted by molar-refractivity contribution is 9.10. The fourth-order valence-corrected chi connectivity index (χ4v) is 2.38. The summed E-state index contributed by atoms with van der Waals surface area (Å²) in [5, 5.41) is 0.368. The van der Waals surface area contributed by atoms with Crippen molar-refractivity contribution in [2.45, 2.75) is 10.9 Å². The van der Waals surface area contributed by atoms with Gasteiger partial charge in [-0.2, -0.15) is 0 Å². The minimum Gasteiger partial charge on any atom is -0.251 e. The Labute approximate surface area is 105 Å². The van der Waals surface area contributed by atoms with Crippen LogP contribution in [0.4, 0.5) is 0 Å². The summed E-state index contributed by atoms with van der Waals surface area (Å²) in [5.41, 5.74) is 1.02. The van der Waals surface area contributed by atoms with Gasteiger partial charge < -0.3 is 0 Å². The molecule has 1 heterocycles. The summed E-state index contributed by atoms with van der Waals surface area (Å²) in [4.78, 5) is 8.03. The van der Waals surface area contributed by atoms with Crippen molar-refractivity contribution < 1.29 is 4.21 Å². The zero-order valence-corrected chi connectivity index (χ0v) is 10.7.